The van der Waals surface area contributed by atoms with Crippen LogP contribution in [0.5, 0.6) is 0 Å². The van der Waals surface area contributed by atoms with E-state index in [1.807, 2.05) is 6.07 Å². The van der Waals surface area contributed by atoms with Gasteiger partial charge in [0.1, 0.15) is 5.82 Å². The Morgan fingerprint density at radius 3 is 2.94 bits per heavy atom. The molecule has 0 aliphatic heterocycles. The molecular formula is C11H11BrFN3O. The lowest BCUT2D eigenvalue weighted by atomic mass is 10.2. The standard InChI is InChI=1S/C11H11BrFN3O/c1-7-15-10(17-16-7)6-14-5-8-3-2-4-9(13)11(8)12/h2-4,14H,5-6H2,1H3. The van der Waals surface area contributed by atoms with Crippen molar-refractivity contribution in [1.82, 2.24) is 15.5 Å². The summed E-state index contributed by atoms with van der Waals surface area (Å²) in [5.41, 5.74) is 0.848. The molecule has 2 rings (SSSR count). The molecule has 90 valence electrons. The molecule has 1 heterocycles. The predicted molar refractivity (Wildman–Crippen MR) is 63.7 cm³/mol. The fourth-order valence-corrected chi connectivity index (χ4v) is 1.81. The van der Waals surface area contributed by atoms with Gasteiger partial charge in [0.25, 0.3) is 0 Å². The number of hydrogen-bond donors (Lipinski definition) is 1. The second-order valence-corrected chi connectivity index (χ2v) is 4.34. The summed E-state index contributed by atoms with van der Waals surface area (Å²) >= 11 is 3.20. The van der Waals surface area contributed by atoms with Gasteiger partial charge in [-0.25, -0.2) is 4.39 Å². The second-order valence-electron chi connectivity index (χ2n) is 3.55. The maximum atomic E-state index is 13.2. The minimum absolute atomic E-state index is 0.266. The monoisotopic (exact) mass is 299 g/mol. The molecule has 0 fully saturated rings. The van der Waals surface area contributed by atoms with Crippen molar-refractivity contribution in [3.8, 4) is 0 Å². The van der Waals surface area contributed by atoms with Crippen LogP contribution in [0.4, 0.5) is 4.39 Å². The molecule has 0 unspecified atom stereocenters. The molecule has 0 saturated heterocycles. The Balaban J connectivity index is 1.92. The summed E-state index contributed by atoms with van der Waals surface area (Å²) in [5.74, 6) is 0.863. The molecule has 2 aromatic rings. The van der Waals surface area contributed by atoms with Crippen LogP contribution < -0.4 is 5.32 Å². The molecule has 0 aliphatic rings. The van der Waals surface area contributed by atoms with Crippen molar-refractivity contribution in [1.29, 1.82) is 0 Å². The van der Waals surface area contributed by atoms with Gasteiger partial charge in [-0.3, -0.25) is 0 Å². The van der Waals surface area contributed by atoms with Gasteiger partial charge < -0.3 is 9.84 Å². The number of halogens is 2. The Hall–Kier alpha value is -1.27. The maximum Gasteiger partial charge on any atom is 0.240 e. The highest BCUT2D eigenvalue weighted by atomic mass is 79.9. The Morgan fingerprint density at radius 2 is 2.24 bits per heavy atom. The molecule has 0 saturated carbocycles. The van der Waals surface area contributed by atoms with Gasteiger partial charge in [0.15, 0.2) is 5.82 Å². The number of hydrogen-bond acceptors (Lipinski definition) is 4. The van der Waals surface area contributed by atoms with E-state index < -0.39 is 0 Å². The van der Waals surface area contributed by atoms with Gasteiger partial charge in [-0.1, -0.05) is 17.3 Å². The summed E-state index contributed by atoms with van der Waals surface area (Å²) < 4.78 is 18.6. The number of aromatic nitrogens is 2. The highest BCUT2D eigenvalue weighted by Crippen LogP contribution is 2.20. The SMILES string of the molecule is Cc1noc(CNCc2cccc(F)c2Br)n1. The zero-order valence-electron chi connectivity index (χ0n) is 9.20. The minimum atomic E-state index is -0.266. The van der Waals surface area contributed by atoms with E-state index in [2.05, 4.69) is 31.4 Å². The molecule has 6 heteroatoms. The van der Waals surface area contributed by atoms with Crippen LogP contribution in [0.1, 0.15) is 17.3 Å². The van der Waals surface area contributed by atoms with Gasteiger partial charge in [-0.05, 0) is 34.5 Å². The van der Waals surface area contributed by atoms with Crippen molar-refractivity contribution in [3.63, 3.8) is 0 Å². The van der Waals surface area contributed by atoms with E-state index in [0.29, 0.717) is 29.3 Å². The molecule has 1 N–H and O–H groups in total. The van der Waals surface area contributed by atoms with Crippen LogP contribution in [0.25, 0.3) is 0 Å². The summed E-state index contributed by atoms with van der Waals surface area (Å²) in [6.45, 7) is 2.75. The van der Waals surface area contributed by atoms with Crippen LogP contribution in [0.2, 0.25) is 0 Å². The van der Waals surface area contributed by atoms with E-state index in [1.54, 1.807) is 13.0 Å². The van der Waals surface area contributed by atoms with Gasteiger partial charge >= 0.3 is 0 Å². The first-order chi connectivity index (χ1) is 8.16. The lowest BCUT2D eigenvalue weighted by molar-refractivity contribution is 0.364. The average Bonchev–Trinajstić information content (AvgIpc) is 2.70. The first-order valence-corrected chi connectivity index (χ1v) is 5.89. The molecule has 0 bridgehead atoms. The first kappa shape index (κ1) is 12.2. The highest BCUT2D eigenvalue weighted by Gasteiger charge is 2.06. The number of nitrogens with one attached hydrogen (secondary N) is 1. The quantitative estimate of drug-likeness (QED) is 0.943. The third-order valence-corrected chi connectivity index (χ3v) is 3.08. The van der Waals surface area contributed by atoms with Crippen molar-refractivity contribution in [2.75, 3.05) is 0 Å². The lowest BCUT2D eigenvalue weighted by Gasteiger charge is -2.05. The molecule has 17 heavy (non-hydrogen) atoms. The van der Waals surface area contributed by atoms with Crippen molar-refractivity contribution < 1.29 is 8.91 Å². The van der Waals surface area contributed by atoms with Crippen molar-refractivity contribution >= 4 is 15.9 Å². The van der Waals surface area contributed by atoms with E-state index >= 15 is 0 Å². The molecule has 0 amide bonds. The summed E-state index contributed by atoms with van der Waals surface area (Å²) in [5, 5.41) is 6.79. The summed E-state index contributed by atoms with van der Waals surface area (Å²) in [6.07, 6.45) is 0. The Labute approximate surface area is 106 Å². The Morgan fingerprint density at radius 1 is 1.41 bits per heavy atom. The summed E-state index contributed by atoms with van der Waals surface area (Å²) in [7, 11) is 0. The van der Waals surface area contributed by atoms with E-state index in [-0.39, 0.29) is 5.82 Å². The van der Waals surface area contributed by atoms with E-state index in [1.165, 1.54) is 6.07 Å². The molecule has 0 radical (unpaired) electrons. The van der Waals surface area contributed by atoms with Crippen LogP contribution in [0.15, 0.2) is 27.2 Å². The molecule has 0 aliphatic carbocycles. The van der Waals surface area contributed by atoms with Gasteiger partial charge in [0, 0.05) is 6.54 Å². The van der Waals surface area contributed by atoms with Crippen molar-refractivity contribution in [2.24, 2.45) is 0 Å². The third kappa shape index (κ3) is 3.10. The molecule has 0 spiro atoms. The zero-order chi connectivity index (χ0) is 12.3. The predicted octanol–water partition coefficient (Wildman–Crippen LogP) is 2.57. The smallest absolute Gasteiger partial charge is 0.240 e. The van der Waals surface area contributed by atoms with E-state index in [4.69, 9.17) is 4.52 Å². The van der Waals surface area contributed by atoms with E-state index in [0.717, 1.165) is 5.56 Å². The maximum absolute atomic E-state index is 13.2. The van der Waals surface area contributed by atoms with Gasteiger partial charge in [0.2, 0.25) is 5.89 Å². The average molecular weight is 300 g/mol. The van der Waals surface area contributed by atoms with Gasteiger partial charge in [0.05, 0.1) is 11.0 Å². The fourth-order valence-electron chi connectivity index (χ4n) is 1.40. The number of benzene rings is 1. The second kappa shape index (κ2) is 5.37. The Kier molecular flexibility index (Phi) is 3.86. The van der Waals surface area contributed by atoms with Crippen molar-refractivity contribution in [3.05, 3.63) is 45.8 Å². The zero-order valence-corrected chi connectivity index (χ0v) is 10.8. The lowest BCUT2D eigenvalue weighted by Crippen LogP contribution is -2.13. The first-order valence-electron chi connectivity index (χ1n) is 5.09. The molecule has 1 aromatic carbocycles. The number of nitrogens with zero attached hydrogens (tertiary/aromatic N) is 2. The Bertz CT molecular complexity index is 515. The van der Waals surface area contributed by atoms with Crippen LogP contribution in [-0.2, 0) is 13.1 Å². The number of aryl methyl sites for hydroxylation is 1. The molecular weight excluding hydrogens is 289 g/mol. The van der Waals surface area contributed by atoms with Crippen molar-refractivity contribution in [2.45, 2.75) is 20.0 Å². The summed E-state index contributed by atoms with van der Waals surface area (Å²) in [6, 6.07) is 4.93. The van der Waals surface area contributed by atoms with Crippen LogP contribution in [0, 0.1) is 12.7 Å². The normalized spacial score (nSPS) is 10.8. The van der Waals surface area contributed by atoms with Crippen LogP contribution >= 0.6 is 15.9 Å². The van der Waals surface area contributed by atoms with Crippen LogP contribution in [0.3, 0.4) is 0 Å². The molecule has 0 atom stereocenters. The largest absolute Gasteiger partial charge is 0.338 e. The topological polar surface area (TPSA) is 51.0 Å². The molecule has 4 nitrogen and oxygen atoms in total. The van der Waals surface area contributed by atoms with Crippen LogP contribution in [-0.4, -0.2) is 10.1 Å². The summed E-state index contributed by atoms with van der Waals surface area (Å²) in [4.78, 5) is 4.06. The highest BCUT2D eigenvalue weighted by molar-refractivity contribution is 9.10. The molecule has 1 aromatic heterocycles. The fraction of sp³-hybridized carbons (Fsp3) is 0.273. The number of rotatable bonds is 4. The minimum Gasteiger partial charge on any atom is -0.338 e. The van der Waals surface area contributed by atoms with Gasteiger partial charge in [-0.15, -0.1) is 0 Å². The van der Waals surface area contributed by atoms with Gasteiger partial charge in [-0.2, -0.15) is 4.98 Å². The van der Waals surface area contributed by atoms with E-state index in [9.17, 15) is 4.39 Å². The third-order valence-electron chi connectivity index (χ3n) is 2.19.